The van der Waals surface area contributed by atoms with Crippen LogP contribution < -0.4 is 9.46 Å². The lowest BCUT2D eigenvalue weighted by molar-refractivity contribution is 0.309. The van der Waals surface area contributed by atoms with Crippen LogP contribution in [0, 0.1) is 11.6 Å². The Labute approximate surface area is 140 Å². The number of rotatable bonds is 8. The molecule has 0 fully saturated rings. The van der Waals surface area contributed by atoms with Crippen molar-refractivity contribution >= 4 is 10.0 Å². The minimum atomic E-state index is -3.75. The number of benzene rings is 2. The lowest BCUT2D eigenvalue weighted by Crippen LogP contribution is -2.23. The zero-order valence-corrected chi connectivity index (χ0v) is 14.1. The summed E-state index contributed by atoms with van der Waals surface area (Å²) in [7, 11) is -3.75. The monoisotopic (exact) mass is 355 g/mol. The maximum Gasteiger partial charge on any atom is 0.240 e. The second-order valence-corrected chi connectivity index (χ2v) is 7.01. The molecule has 0 spiro atoms. The van der Waals surface area contributed by atoms with Gasteiger partial charge in [0.15, 0.2) is 11.6 Å². The van der Waals surface area contributed by atoms with Crippen LogP contribution in [0.3, 0.4) is 0 Å². The first-order chi connectivity index (χ1) is 11.4. The third-order valence-corrected chi connectivity index (χ3v) is 4.77. The maximum absolute atomic E-state index is 13.1. The van der Waals surface area contributed by atoms with E-state index in [0.717, 1.165) is 25.0 Å². The van der Waals surface area contributed by atoms with Gasteiger partial charge in [-0.15, -0.1) is 0 Å². The van der Waals surface area contributed by atoms with Crippen molar-refractivity contribution in [3.05, 3.63) is 59.7 Å². The molecular weight excluding hydrogens is 336 g/mol. The molecule has 0 aliphatic heterocycles. The molecule has 130 valence electrons. The molecule has 0 unspecified atom stereocenters. The molecule has 7 heteroatoms. The van der Waals surface area contributed by atoms with Gasteiger partial charge in [-0.05, 0) is 48.4 Å². The summed E-state index contributed by atoms with van der Waals surface area (Å²) >= 11 is 0. The summed E-state index contributed by atoms with van der Waals surface area (Å²) in [5.74, 6) is -1.39. The summed E-state index contributed by atoms with van der Waals surface area (Å²) in [5, 5.41) is 0. The highest BCUT2D eigenvalue weighted by molar-refractivity contribution is 7.89. The quantitative estimate of drug-likeness (QED) is 0.736. The molecule has 1 N–H and O–H groups in total. The van der Waals surface area contributed by atoms with Crippen LogP contribution in [0.1, 0.15) is 25.3 Å². The van der Waals surface area contributed by atoms with Gasteiger partial charge in [0.1, 0.15) is 5.75 Å². The summed E-state index contributed by atoms with van der Waals surface area (Å²) < 4.78 is 58.2. The largest absolute Gasteiger partial charge is 0.494 e. The normalized spacial score (nSPS) is 11.5. The Balaban J connectivity index is 2.00. The summed E-state index contributed by atoms with van der Waals surface area (Å²) in [6, 6.07) is 9.29. The first-order valence-electron chi connectivity index (χ1n) is 7.59. The van der Waals surface area contributed by atoms with Gasteiger partial charge in [0.05, 0.1) is 11.5 Å². The maximum atomic E-state index is 13.1. The molecule has 0 radical (unpaired) electrons. The Morgan fingerprint density at radius 1 is 1.04 bits per heavy atom. The average molecular weight is 355 g/mol. The number of nitrogens with one attached hydrogen (secondary N) is 1. The van der Waals surface area contributed by atoms with E-state index in [1.165, 1.54) is 18.2 Å². The topological polar surface area (TPSA) is 55.4 Å². The van der Waals surface area contributed by atoms with E-state index in [1.54, 1.807) is 12.1 Å². The van der Waals surface area contributed by atoms with Crippen LogP contribution in [0.25, 0.3) is 0 Å². The number of hydrogen-bond acceptors (Lipinski definition) is 3. The zero-order chi connectivity index (χ0) is 17.6. The van der Waals surface area contributed by atoms with E-state index in [4.69, 9.17) is 4.74 Å². The fourth-order valence-corrected chi connectivity index (χ4v) is 2.98. The smallest absolute Gasteiger partial charge is 0.240 e. The van der Waals surface area contributed by atoms with Crippen molar-refractivity contribution in [1.29, 1.82) is 0 Å². The van der Waals surface area contributed by atoms with Crippen molar-refractivity contribution in [3.63, 3.8) is 0 Å². The lowest BCUT2D eigenvalue weighted by Gasteiger charge is -2.09. The van der Waals surface area contributed by atoms with E-state index < -0.39 is 21.7 Å². The van der Waals surface area contributed by atoms with Gasteiger partial charge in [-0.25, -0.2) is 21.9 Å². The van der Waals surface area contributed by atoms with Gasteiger partial charge >= 0.3 is 0 Å². The molecule has 0 saturated carbocycles. The van der Waals surface area contributed by atoms with E-state index in [0.29, 0.717) is 17.9 Å². The molecule has 0 saturated heterocycles. The predicted octanol–water partition coefficient (Wildman–Crippen LogP) is 3.62. The summed E-state index contributed by atoms with van der Waals surface area (Å²) in [6.07, 6.45) is 1.94. The number of hydrogen-bond donors (Lipinski definition) is 1. The SMILES string of the molecule is CCCCOc1ccc(S(=O)(=O)NCc2ccc(F)c(F)c2)cc1. The minimum absolute atomic E-state index is 0.0768. The van der Waals surface area contributed by atoms with Crippen LogP contribution in [-0.4, -0.2) is 15.0 Å². The number of unbranched alkanes of at least 4 members (excludes halogenated alkanes) is 1. The van der Waals surface area contributed by atoms with E-state index in [9.17, 15) is 17.2 Å². The van der Waals surface area contributed by atoms with Gasteiger partial charge in [0.25, 0.3) is 0 Å². The highest BCUT2D eigenvalue weighted by Crippen LogP contribution is 2.17. The first-order valence-corrected chi connectivity index (χ1v) is 9.07. The second kappa shape index (κ2) is 8.21. The Morgan fingerprint density at radius 2 is 1.75 bits per heavy atom. The van der Waals surface area contributed by atoms with Gasteiger partial charge in [-0.1, -0.05) is 19.4 Å². The molecule has 0 aliphatic rings. The number of halogens is 2. The Morgan fingerprint density at radius 3 is 2.38 bits per heavy atom. The molecule has 24 heavy (non-hydrogen) atoms. The lowest BCUT2D eigenvalue weighted by atomic mass is 10.2. The van der Waals surface area contributed by atoms with Crippen molar-refractivity contribution in [3.8, 4) is 5.75 Å². The van der Waals surface area contributed by atoms with Crippen molar-refractivity contribution in [2.45, 2.75) is 31.2 Å². The summed E-state index contributed by atoms with van der Waals surface area (Å²) in [5.41, 5.74) is 0.331. The molecular formula is C17H19F2NO3S. The number of ether oxygens (including phenoxy) is 1. The van der Waals surface area contributed by atoms with E-state index in [-0.39, 0.29) is 11.4 Å². The van der Waals surface area contributed by atoms with Crippen LogP contribution in [0.2, 0.25) is 0 Å². The standard InChI is InChI=1S/C17H19F2NO3S/c1-2-3-10-23-14-5-7-15(8-6-14)24(21,22)20-12-13-4-9-16(18)17(19)11-13/h4-9,11,20H,2-3,10,12H2,1H3. The Bertz CT molecular complexity index is 777. The molecule has 0 atom stereocenters. The zero-order valence-electron chi connectivity index (χ0n) is 13.3. The summed E-state index contributed by atoms with van der Waals surface area (Å²) in [4.78, 5) is 0.0768. The molecule has 2 aromatic rings. The van der Waals surface area contributed by atoms with Crippen molar-refractivity contribution < 1.29 is 21.9 Å². The molecule has 0 aliphatic carbocycles. The molecule has 2 aromatic carbocycles. The molecule has 0 amide bonds. The second-order valence-electron chi connectivity index (χ2n) is 5.25. The minimum Gasteiger partial charge on any atom is -0.494 e. The van der Waals surface area contributed by atoms with Gasteiger partial charge in [0, 0.05) is 6.54 Å². The van der Waals surface area contributed by atoms with Gasteiger partial charge in [0.2, 0.25) is 10.0 Å². The fourth-order valence-electron chi connectivity index (χ4n) is 1.96. The third kappa shape index (κ3) is 5.01. The average Bonchev–Trinajstić information content (AvgIpc) is 2.57. The number of sulfonamides is 1. The van der Waals surface area contributed by atoms with E-state index >= 15 is 0 Å². The third-order valence-electron chi connectivity index (χ3n) is 3.35. The Hall–Kier alpha value is -1.99. The van der Waals surface area contributed by atoms with Crippen LogP contribution >= 0.6 is 0 Å². The van der Waals surface area contributed by atoms with Crippen molar-refractivity contribution in [2.75, 3.05) is 6.61 Å². The highest BCUT2D eigenvalue weighted by atomic mass is 32.2. The molecule has 0 bridgehead atoms. The van der Waals surface area contributed by atoms with Gasteiger partial charge in [-0.2, -0.15) is 0 Å². The Kier molecular flexibility index (Phi) is 6.28. The summed E-state index contributed by atoms with van der Waals surface area (Å²) in [6.45, 7) is 2.50. The molecule has 2 rings (SSSR count). The van der Waals surface area contributed by atoms with Crippen LogP contribution in [0.15, 0.2) is 47.4 Å². The highest BCUT2D eigenvalue weighted by Gasteiger charge is 2.14. The van der Waals surface area contributed by atoms with Crippen LogP contribution in [0.5, 0.6) is 5.75 Å². The van der Waals surface area contributed by atoms with E-state index in [2.05, 4.69) is 11.6 Å². The molecule has 4 nitrogen and oxygen atoms in total. The van der Waals surface area contributed by atoms with Crippen molar-refractivity contribution in [2.24, 2.45) is 0 Å². The van der Waals surface area contributed by atoms with E-state index in [1.807, 2.05) is 0 Å². The van der Waals surface area contributed by atoms with Gasteiger partial charge < -0.3 is 4.74 Å². The van der Waals surface area contributed by atoms with Crippen LogP contribution in [0.4, 0.5) is 8.78 Å². The first kappa shape index (κ1) is 18.4. The van der Waals surface area contributed by atoms with Crippen LogP contribution in [-0.2, 0) is 16.6 Å². The molecule has 0 heterocycles. The molecule has 0 aromatic heterocycles. The predicted molar refractivity (Wildman–Crippen MR) is 87.2 cm³/mol. The van der Waals surface area contributed by atoms with Crippen molar-refractivity contribution in [1.82, 2.24) is 4.72 Å². The fraction of sp³-hybridized carbons (Fsp3) is 0.294. The van der Waals surface area contributed by atoms with Gasteiger partial charge in [-0.3, -0.25) is 0 Å².